The van der Waals surface area contributed by atoms with Crippen LogP contribution in [0.5, 0.6) is 0 Å². The van der Waals surface area contributed by atoms with Crippen LogP contribution in [-0.4, -0.2) is 67.8 Å². The van der Waals surface area contributed by atoms with Crippen molar-refractivity contribution in [3.05, 3.63) is 70.8 Å². The van der Waals surface area contributed by atoms with Gasteiger partial charge >= 0.3 is 0 Å². The van der Waals surface area contributed by atoms with Crippen molar-refractivity contribution in [2.24, 2.45) is 0 Å². The fraction of sp³-hybridized carbons (Fsp3) is 0.385. The molecule has 9 heteroatoms. The van der Waals surface area contributed by atoms with Gasteiger partial charge in [-0.3, -0.25) is 9.59 Å². The summed E-state index contributed by atoms with van der Waals surface area (Å²) in [6.45, 7) is 3.34. The molecule has 2 aromatic rings. The van der Waals surface area contributed by atoms with Crippen LogP contribution in [0.1, 0.15) is 42.0 Å². The minimum Gasteiger partial charge on any atom is -0.507 e. The van der Waals surface area contributed by atoms with Crippen LogP contribution in [0.4, 0.5) is 0 Å². The summed E-state index contributed by atoms with van der Waals surface area (Å²) < 4.78 is 32.5. The average Bonchev–Trinajstić information content (AvgIpc) is 3.13. The molecule has 0 aliphatic carbocycles. The number of amides is 1. The van der Waals surface area contributed by atoms with E-state index >= 15 is 0 Å². The lowest BCUT2D eigenvalue weighted by molar-refractivity contribution is -0.140. The molecule has 1 unspecified atom stereocenters. The molecule has 0 radical (unpaired) electrons. The van der Waals surface area contributed by atoms with Crippen LogP contribution in [0.2, 0.25) is 0 Å². The van der Waals surface area contributed by atoms with Crippen LogP contribution < -0.4 is 0 Å². The molecule has 4 rings (SSSR count). The summed E-state index contributed by atoms with van der Waals surface area (Å²) in [5, 5.41) is 11.2. The van der Waals surface area contributed by atoms with E-state index in [2.05, 4.69) is 0 Å². The Bertz CT molecular complexity index is 1230. The number of aryl methyl sites for hydroxylation is 1. The highest BCUT2D eigenvalue weighted by Gasteiger charge is 2.45. The largest absolute Gasteiger partial charge is 0.507 e. The molecule has 2 aromatic carbocycles. The first kappa shape index (κ1) is 25.1. The lowest BCUT2D eigenvalue weighted by Gasteiger charge is -2.26. The number of ether oxygens (including phenoxy) is 1. The average molecular weight is 499 g/mol. The number of piperidine rings is 1. The van der Waals surface area contributed by atoms with E-state index in [0.29, 0.717) is 18.7 Å². The van der Waals surface area contributed by atoms with Crippen molar-refractivity contribution in [1.29, 1.82) is 0 Å². The normalized spacial score (nSPS) is 21.0. The maximum Gasteiger partial charge on any atom is 0.295 e. The van der Waals surface area contributed by atoms with Crippen molar-refractivity contribution in [1.82, 2.24) is 9.21 Å². The molecule has 1 atom stereocenters. The van der Waals surface area contributed by atoms with Crippen molar-refractivity contribution in [3.8, 4) is 0 Å². The highest BCUT2D eigenvalue weighted by atomic mass is 32.2. The number of aliphatic hydroxyl groups is 1. The maximum absolute atomic E-state index is 13.0. The molecule has 2 aliphatic rings. The van der Waals surface area contributed by atoms with E-state index in [1.807, 2.05) is 31.2 Å². The van der Waals surface area contributed by atoms with Crippen molar-refractivity contribution in [2.45, 2.75) is 37.1 Å². The number of sulfonamides is 1. The molecule has 0 bridgehead atoms. The molecule has 0 saturated carbocycles. The summed E-state index contributed by atoms with van der Waals surface area (Å²) in [5.74, 6) is -1.83. The Kier molecular flexibility index (Phi) is 7.39. The second-order valence-electron chi connectivity index (χ2n) is 8.89. The van der Waals surface area contributed by atoms with E-state index in [0.717, 1.165) is 24.8 Å². The number of ketones is 1. The van der Waals surface area contributed by atoms with E-state index in [1.165, 1.54) is 40.6 Å². The fourth-order valence-electron chi connectivity index (χ4n) is 4.59. The predicted molar refractivity (Wildman–Crippen MR) is 131 cm³/mol. The van der Waals surface area contributed by atoms with E-state index in [4.69, 9.17) is 4.74 Å². The van der Waals surface area contributed by atoms with Gasteiger partial charge in [0.2, 0.25) is 10.0 Å². The minimum absolute atomic E-state index is 0.0263. The van der Waals surface area contributed by atoms with Gasteiger partial charge in [-0.25, -0.2) is 8.42 Å². The number of nitrogens with zero attached hydrogens (tertiary/aromatic N) is 2. The Morgan fingerprint density at radius 3 is 2.23 bits per heavy atom. The number of carbonyl (C=O) groups is 2. The number of methoxy groups -OCH3 is 1. The van der Waals surface area contributed by atoms with E-state index in [9.17, 15) is 23.1 Å². The molecule has 2 fully saturated rings. The van der Waals surface area contributed by atoms with E-state index in [-0.39, 0.29) is 34.9 Å². The first-order valence-corrected chi connectivity index (χ1v) is 13.1. The molecule has 1 amide bonds. The zero-order chi connectivity index (χ0) is 25.2. The standard InChI is InChI=1S/C26H30N2O6S/c1-18-6-8-19(9-7-18)23-22(25(30)26(31)28(23)16-17-34-2)24(29)20-10-12-21(13-11-20)35(32,33)27-14-4-3-5-15-27/h6-13,23,29H,3-5,14-17H2,1-2H3. The first-order valence-electron chi connectivity index (χ1n) is 11.7. The monoisotopic (exact) mass is 498 g/mol. The van der Waals surface area contributed by atoms with Crippen LogP contribution in [0.15, 0.2) is 59.0 Å². The molecule has 0 aromatic heterocycles. The third-order valence-electron chi connectivity index (χ3n) is 6.55. The molecule has 35 heavy (non-hydrogen) atoms. The number of rotatable bonds is 7. The molecule has 2 saturated heterocycles. The molecule has 8 nitrogen and oxygen atoms in total. The van der Waals surface area contributed by atoms with E-state index < -0.39 is 27.8 Å². The molecule has 186 valence electrons. The van der Waals surface area contributed by atoms with Gasteiger partial charge in [0.05, 0.1) is 23.1 Å². The SMILES string of the molecule is COCCN1C(=O)C(=O)C(=C(O)c2ccc(S(=O)(=O)N3CCCCC3)cc2)C1c1ccc(C)cc1. The lowest BCUT2D eigenvalue weighted by Crippen LogP contribution is -2.35. The van der Waals surface area contributed by atoms with Gasteiger partial charge in [0, 0.05) is 32.3 Å². The summed E-state index contributed by atoms with van der Waals surface area (Å²) in [7, 11) is -2.12. The fourth-order valence-corrected chi connectivity index (χ4v) is 6.11. The quantitative estimate of drug-likeness (QED) is 0.357. The molecule has 2 aliphatic heterocycles. The molecule has 0 spiro atoms. The third kappa shape index (κ3) is 4.89. The Morgan fingerprint density at radius 1 is 1.00 bits per heavy atom. The summed E-state index contributed by atoms with van der Waals surface area (Å²) >= 11 is 0. The lowest BCUT2D eigenvalue weighted by atomic mass is 9.95. The second kappa shape index (κ2) is 10.3. The summed E-state index contributed by atoms with van der Waals surface area (Å²) in [6.07, 6.45) is 2.68. The zero-order valence-electron chi connectivity index (χ0n) is 19.9. The van der Waals surface area contributed by atoms with Gasteiger partial charge < -0.3 is 14.7 Å². The van der Waals surface area contributed by atoms with Crippen molar-refractivity contribution in [3.63, 3.8) is 0 Å². The Balaban J connectivity index is 1.73. The van der Waals surface area contributed by atoms with Gasteiger partial charge in [-0.1, -0.05) is 36.2 Å². The molecular weight excluding hydrogens is 468 g/mol. The number of hydrogen-bond donors (Lipinski definition) is 1. The smallest absolute Gasteiger partial charge is 0.295 e. The number of benzene rings is 2. The number of carbonyl (C=O) groups excluding carboxylic acids is 2. The predicted octanol–water partition coefficient (Wildman–Crippen LogP) is 3.24. The van der Waals surface area contributed by atoms with Crippen molar-refractivity contribution < 1.29 is 27.9 Å². The Labute approximate surface area is 205 Å². The van der Waals surface area contributed by atoms with Gasteiger partial charge in [-0.2, -0.15) is 4.31 Å². The zero-order valence-corrected chi connectivity index (χ0v) is 20.8. The van der Waals surface area contributed by atoms with Crippen LogP contribution in [0, 0.1) is 6.92 Å². The van der Waals surface area contributed by atoms with Gasteiger partial charge in [0.25, 0.3) is 11.7 Å². The number of aliphatic hydroxyl groups excluding tert-OH is 1. The van der Waals surface area contributed by atoms with Gasteiger partial charge in [-0.15, -0.1) is 0 Å². The third-order valence-corrected chi connectivity index (χ3v) is 8.46. The number of Topliss-reactive ketones (excluding diaryl/α,β-unsaturated/α-hetero) is 1. The van der Waals surface area contributed by atoms with Crippen LogP contribution in [-0.2, 0) is 24.3 Å². The second-order valence-corrected chi connectivity index (χ2v) is 10.8. The first-order chi connectivity index (χ1) is 16.8. The maximum atomic E-state index is 13.0. The Morgan fingerprint density at radius 2 is 1.63 bits per heavy atom. The summed E-state index contributed by atoms with van der Waals surface area (Å²) in [5.41, 5.74) is 1.95. The summed E-state index contributed by atoms with van der Waals surface area (Å²) in [4.78, 5) is 27.4. The van der Waals surface area contributed by atoms with Crippen LogP contribution in [0.3, 0.4) is 0 Å². The number of hydrogen-bond acceptors (Lipinski definition) is 6. The van der Waals surface area contributed by atoms with Crippen molar-refractivity contribution in [2.75, 3.05) is 33.4 Å². The van der Waals surface area contributed by atoms with Crippen molar-refractivity contribution >= 4 is 27.5 Å². The van der Waals surface area contributed by atoms with Gasteiger partial charge in [0.1, 0.15) is 5.76 Å². The molecular formula is C26H30N2O6S. The van der Waals surface area contributed by atoms with E-state index in [1.54, 1.807) is 0 Å². The minimum atomic E-state index is -3.63. The topological polar surface area (TPSA) is 104 Å². The Hall–Kier alpha value is -3.01. The van der Waals surface area contributed by atoms with Gasteiger partial charge in [0.15, 0.2) is 0 Å². The number of likely N-dealkylation sites (tertiary alicyclic amines) is 1. The molecule has 1 N–H and O–H groups in total. The van der Waals surface area contributed by atoms with Crippen LogP contribution in [0.25, 0.3) is 5.76 Å². The van der Waals surface area contributed by atoms with Crippen LogP contribution >= 0.6 is 0 Å². The highest BCUT2D eigenvalue weighted by Crippen LogP contribution is 2.39. The molecule has 2 heterocycles. The summed E-state index contributed by atoms with van der Waals surface area (Å²) in [6, 6.07) is 12.4. The van der Waals surface area contributed by atoms with Gasteiger partial charge in [-0.05, 0) is 49.6 Å². The highest BCUT2D eigenvalue weighted by molar-refractivity contribution is 7.89.